The van der Waals surface area contributed by atoms with Crippen LogP contribution in [0.2, 0.25) is 0 Å². The molecule has 1 N–H and O–H groups in total. The molecule has 28 heavy (non-hydrogen) atoms. The molecule has 1 saturated carbocycles. The molecule has 0 atom stereocenters. The minimum atomic E-state index is 0.189. The van der Waals surface area contributed by atoms with E-state index in [1.165, 1.54) is 32.1 Å². The molecule has 1 aromatic rings. The minimum Gasteiger partial charge on any atom is -0.504 e. The zero-order valence-corrected chi connectivity index (χ0v) is 19.0. The van der Waals surface area contributed by atoms with Crippen LogP contribution >= 0.6 is 0 Å². The van der Waals surface area contributed by atoms with E-state index in [0.29, 0.717) is 11.9 Å². The van der Waals surface area contributed by atoms with Crippen molar-refractivity contribution in [2.24, 2.45) is 0 Å². The Labute approximate surface area is 173 Å². The molecule has 0 spiro atoms. The summed E-state index contributed by atoms with van der Waals surface area (Å²) in [5.74, 6) is 0.722. The molecule has 0 aromatic heterocycles. The Morgan fingerprint density at radius 1 is 1.11 bits per heavy atom. The molecule has 164 valence electrons. The number of phenols is 1. The summed E-state index contributed by atoms with van der Waals surface area (Å²) in [6.45, 7) is 11.6. The molecule has 0 radical (unpaired) electrons. The summed E-state index contributed by atoms with van der Waals surface area (Å²) in [5.41, 5.74) is 1.14. The first-order chi connectivity index (χ1) is 13.7. The first-order valence-corrected chi connectivity index (χ1v) is 10.9. The maximum absolute atomic E-state index is 9.51. The van der Waals surface area contributed by atoms with Crippen molar-refractivity contribution >= 4 is 0 Å². The largest absolute Gasteiger partial charge is 0.504 e. The van der Waals surface area contributed by atoms with E-state index in [1.807, 2.05) is 46.9 Å². The van der Waals surface area contributed by atoms with Gasteiger partial charge in [-0.05, 0) is 44.0 Å². The molecular weight excluding hydrogens is 354 g/mol. The van der Waals surface area contributed by atoms with Gasteiger partial charge in [-0.2, -0.15) is 0 Å². The number of aromatic hydroxyl groups is 1. The summed E-state index contributed by atoms with van der Waals surface area (Å²) in [4.78, 5) is 2.14. The Morgan fingerprint density at radius 3 is 2.29 bits per heavy atom. The van der Waals surface area contributed by atoms with Gasteiger partial charge in [0.2, 0.25) is 0 Å². The van der Waals surface area contributed by atoms with Gasteiger partial charge in [0.1, 0.15) is 0 Å². The third-order valence-electron chi connectivity index (χ3n) is 4.47. The molecule has 1 heterocycles. The van der Waals surface area contributed by atoms with E-state index >= 15 is 0 Å². The SMILES string of the molecule is CC.CC.CN1CCOC1.COc1cc(CCOC2CCCCC2)ccc1O. The molecule has 2 fully saturated rings. The molecule has 0 bridgehead atoms. The van der Waals surface area contributed by atoms with Crippen LogP contribution in [0.1, 0.15) is 65.4 Å². The highest BCUT2D eigenvalue weighted by Crippen LogP contribution is 2.26. The molecule has 1 saturated heterocycles. The van der Waals surface area contributed by atoms with Crippen LogP contribution in [0.25, 0.3) is 0 Å². The monoisotopic (exact) mass is 397 g/mol. The first kappa shape index (κ1) is 26.7. The van der Waals surface area contributed by atoms with Gasteiger partial charge in [0.15, 0.2) is 11.5 Å². The van der Waals surface area contributed by atoms with Gasteiger partial charge in [-0.15, -0.1) is 0 Å². The molecule has 1 aromatic carbocycles. The second kappa shape index (κ2) is 17.8. The number of methoxy groups -OCH3 is 1. The number of benzene rings is 1. The molecule has 5 heteroatoms. The van der Waals surface area contributed by atoms with Gasteiger partial charge in [0.05, 0.1) is 33.2 Å². The molecule has 0 unspecified atom stereocenters. The van der Waals surface area contributed by atoms with Crippen LogP contribution < -0.4 is 4.74 Å². The standard InChI is InChI=1S/C15H22O3.C4H9NO.2C2H6/c1-17-15-11-12(7-8-14(15)16)9-10-18-13-5-3-2-4-6-13;1-5-2-3-6-4-5;2*1-2/h7-8,11,13,16H,2-6,9-10H2,1H3;2-4H2,1H3;2*1-2H3. The molecule has 2 aliphatic rings. The van der Waals surface area contributed by atoms with E-state index in [4.69, 9.17) is 14.2 Å². The predicted octanol–water partition coefficient (Wildman–Crippen LogP) is 5.25. The molecule has 1 aliphatic carbocycles. The molecule has 5 nitrogen and oxygen atoms in total. The fourth-order valence-corrected chi connectivity index (χ4v) is 2.96. The van der Waals surface area contributed by atoms with E-state index in [-0.39, 0.29) is 5.75 Å². The third-order valence-corrected chi connectivity index (χ3v) is 4.47. The van der Waals surface area contributed by atoms with Crippen molar-refractivity contribution in [2.45, 2.75) is 72.3 Å². The second-order valence-electron chi connectivity index (χ2n) is 6.50. The zero-order chi connectivity index (χ0) is 21.2. The summed E-state index contributed by atoms with van der Waals surface area (Å²) in [5, 5.41) is 9.51. The van der Waals surface area contributed by atoms with Gasteiger partial charge < -0.3 is 19.3 Å². The van der Waals surface area contributed by atoms with Crippen LogP contribution in [0, 0.1) is 0 Å². The lowest BCUT2D eigenvalue weighted by molar-refractivity contribution is 0.0303. The van der Waals surface area contributed by atoms with Crippen molar-refractivity contribution in [3.63, 3.8) is 0 Å². The van der Waals surface area contributed by atoms with Crippen molar-refractivity contribution in [1.82, 2.24) is 4.90 Å². The fraction of sp³-hybridized carbons (Fsp3) is 0.739. The Bertz CT molecular complexity index is 470. The summed E-state index contributed by atoms with van der Waals surface area (Å²) >= 11 is 0. The van der Waals surface area contributed by atoms with E-state index < -0.39 is 0 Å². The van der Waals surface area contributed by atoms with Gasteiger partial charge in [-0.3, -0.25) is 4.90 Å². The number of likely N-dealkylation sites (N-methyl/N-ethyl adjacent to an activating group) is 1. The second-order valence-corrected chi connectivity index (χ2v) is 6.50. The number of hydrogen-bond acceptors (Lipinski definition) is 5. The van der Waals surface area contributed by atoms with Crippen LogP contribution in [0.15, 0.2) is 18.2 Å². The van der Waals surface area contributed by atoms with E-state index in [0.717, 1.165) is 38.5 Å². The van der Waals surface area contributed by atoms with Crippen LogP contribution in [0.5, 0.6) is 11.5 Å². The van der Waals surface area contributed by atoms with Crippen molar-refractivity contribution in [3.8, 4) is 11.5 Å². The molecule has 0 amide bonds. The van der Waals surface area contributed by atoms with E-state index in [9.17, 15) is 5.11 Å². The van der Waals surface area contributed by atoms with Gasteiger partial charge in [-0.1, -0.05) is 53.0 Å². The Hall–Kier alpha value is -1.30. The maximum atomic E-state index is 9.51. The van der Waals surface area contributed by atoms with Crippen LogP contribution in [0.3, 0.4) is 0 Å². The average Bonchev–Trinajstić information content (AvgIpc) is 3.24. The zero-order valence-electron chi connectivity index (χ0n) is 19.0. The number of hydrogen-bond donors (Lipinski definition) is 1. The van der Waals surface area contributed by atoms with Crippen molar-refractivity contribution in [2.75, 3.05) is 40.6 Å². The summed E-state index contributed by atoms with van der Waals surface area (Å²) < 4.78 is 16.0. The highest BCUT2D eigenvalue weighted by atomic mass is 16.5. The average molecular weight is 398 g/mol. The minimum absolute atomic E-state index is 0.189. The topological polar surface area (TPSA) is 51.2 Å². The molecular formula is C23H43NO4. The van der Waals surface area contributed by atoms with Gasteiger partial charge in [-0.25, -0.2) is 0 Å². The maximum Gasteiger partial charge on any atom is 0.160 e. The number of rotatable bonds is 5. The van der Waals surface area contributed by atoms with Crippen LogP contribution in [-0.2, 0) is 15.9 Å². The van der Waals surface area contributed by atoms with Gasteiger partial charge in [0.25, 0.3) is 0 Å². The fourth-order valence-electron chi connectivity index (χ4n) is 2.96. The lowest BCUT2D eigenvalue weighted by atomic mass is 9.98. The van der Waals surface area contributed by atoms with Gasteiger partial charge >= 0.3 is 0 Å². The van der Waals surface area contributed by atoms with Crippen molar-refractivity contribution in [3.05, 3.63) is 23.8 Å². The Morgan fingerprint density at radius 2 is 1.79 bits per heavy atom. The number of phenolic OH excluding ortho intramolecular Hbond substituents is 1. The highest BCUT2D eigenvalue weighted by Gasteiger charge is 2.13. The lowest BCUT2D eigenvalue weighted by Crippen LogP contribution is -2.17. The van der Waals surface area contributed by atoms with Crippen molar-refractivity contribution in [1.29, 1.82) is 0 Å². The Balaban J connectivity index is 0.000000607. The molecule has 1 aliphatic heterocycles. The summed E-state index contributed by atoms with van der Waals surface area (Å²) in [6, 6.07) is 5.47. The van der Waals surface area contributed by atoms with E-state index in [2.05, 4.69) is 4.90 Å². The molecule has 3 rings (SSSR count). The summed E-state index contributed by atoms with van der Waals surface area (Å²) in [7, 11) is 3.62. The predicted molar refractivity (Wildman–Crippen MR) is 117 cm³/mol. The third kappa shape index (κ3) is 11.5. The smallest absolute Gasteiger partial charge is 0.160 e. The first-order valence-electron chi connectivity index (χ1n) is 10.9. The van der Waals surface area contributed by atoms with Crippen LogP contribution in [0.4, 0.5) is 0 Å². The lowest BCUT2D eigenvalue weighted by Gasteiger charge is -2.22. The highest BCUT2D eigenvalue weighted by molar-refractivity contribution is 5.41. The summed E-state index contributed by atoms with van der Waals surface area (Å²) in [6.07, 6.45) is 7.70. The van der Waals surface area contributed by atoms with E-state index in [1.54, 1.807) is 13.2 Å². The van der Waals surface area contributed by atoms with Crippen molar-refractivity contribution < 1.29 is 19.3 Å². The Kier molecular flexibility index (Phi) is 16.9. The van der Waals surface area contributed by atoms with Gasteiger partial charge in [0, 0.05) is 6.54 Å². The number of nitrogens with zero attached hydrogens (tertiary/aromatic N) is 1. The normalized spacial score (nSPS) is 16.6. The quantitative estimate of drug-likeness (QED) is 0.735. The number of ether oxygens (including phenoxy) is 3. The van der Waals surface area contributed by atoms with Crippen LogP contribution in [-0.4, -0.2) is 56.8 Å².